The first-order valence-electron chi connectivity index (χ1n) is 7.20. The van der Waals surface area contributed by atoms with Crippen LogP contribution < -0.4 is 5.32 Å². The number of rotatable bonds is 7. The van der Waals surface area contributed by atoms with Gasteiger partial charge < -0.3 is 10.1 Å². The van der Waals surface area contributed by atoms with Crippen molar-refractivity contribution < 1.29 is 17.9 Å². The Morgan fingerprint density at radius 2 is 2.00 bits per heavy atom. The number of carbonyl (C=O) groups excluding carboxylic acids is 1. The molecule has 116 valence electrons. The van der Waals surface area contributed by atoms with E-state index < -0.39 is 15.9 Å². The second-order valence-electron chi connectivity index (χ2n) is 5.18. The van der Waals surface area contributed by atoms with E-state index in [1.165, 1.54) is 0 Å². The van der Waals surface area contributed by atoms with Gasteiger partial charge in [-0.15, -0.1) is 0 Å². The van der Waals surface area contributed by atoms with Crippen molar-refractivity contribution in [2.75, 3.05) is 24.7 Å². The van der Waals surface area contributed by atoms with Crippen molar-refractivity contribution in [3.63, 3.8) is 0 Å². The monoisotopic (exact) mass is 311 g/mol. The topological polar surface area (TPSA) is 72.5 Å². The van der Waals surface area contributed by atoms with Crippen LogP contribution in [0.3, 0.4) is 0 Å². The molecule has 0 spiro atoms. The maximum absolute atomic E-state index is 11.9. The number of amides is 1. The maximum Gasteiger partial charge on any atom is 0.249 e. The summed E-state index contributed by atoms with van der Waals surface area (Å²) in [5.74, 6) is -0.128. The Balaban J connectivity index is 1.70. The van der Waals surface area contributed by atoms with Gasteiger partial charge in [-0.1, -0.05) is 30.3 Å². The molecule has 0 bridgehead atoms. The van der Waals surface area contributed by atoms with Crippen LogP contribution in [0.1, 0.15) is 18.4 Å². The molecule has 1 amide bonds. The van der Waals surface area contributed by atoms with Crippen LogP contribution in [0.4, 0.5) is 0 Å². The highest BCUT2D eigenvalue weighted by atomic mass is 32.2. The molecule has 1 N–H and O–H groups in total. The van der Waals surface area contributed by atoms with Gasteiger partial charge in [0.2, 0.25) is 5.91 Å². The van der Waals surface area contributed by atoms with Gasteiger partial charge in [0.05, 0.1) is 11.5 Å². The van der Waals surface area contributed by atoms with Gasteiger partial charge >= 0.3 is 0 Å². The van der Waals surface area contributed by atoms with Crippen molar-refractivity contribution >= 4 is 15.7 Å². The van der Waals surface area contributed by atoms with Crippen LogP contribution in [0.15, 0.2) is 30.3 Å². The lowest BCUT2D eigenvalue weighted by molar-refractivity contribution is -0.129. The van der Waals surface area contributed by atoms with E-state index in [1.54, 1.807) is 0 Å². The molecular formula is C15H21NO4S. The second-order valence-corrected chi connectivity index (χ2v) is 7.48. The highest BCUT2D eigenvalue weighted by molar-refractivity contribution is 7.91. The SMILES string of the molecule is O=C(NCCS(=O)(=O)CCc1ccccc1)C1CCCO1. The average molecular weight is 311 g/mol. The molecule has 1 aromatic carbocycles. The van der Waals surface area contributed by atoms with Crippen molar-refractivity contribution in [3.8, 4) is 0 Å². The molecule has 1 heterocycles. The quantitative estimate of drug-likeness (QED) is 0.813. The van der Waals surface area contributed by atoms with E-state index in [1.807, 2.05) is 30.3 Å². The zero-order valence-corrected chi connectivity index (χ0v) is 12.8. The summed E-state index contributed by atoms with van der Waals surface area (Å²) in [5, 5.41) is 2.64. The standard InChI is InChI=1S/C15H21NO4S/c17-15(14-7-4-10-20-14)16-9-12-21(18,19)11-8-13-5-2-1-3-6-13/h1-3,5-6,14H,4,7-12H2,(H,16,17). The fourth-order valence-electron chi connectivity index (χ4n) is 2.25. The minimum absolute atomic E-state index is 0.0295. The molecule has 1 unspecified atom stereocenters. The first kappa shape index (κ1) is 16.0. The summed E-state index contributed by atoms with van der Waals surface area (Å²) in [6.07, 6.45) is 1.69. The summed E-state index contributed by atoms with van der Waals surface area (Å²) in [5.41, 5.74) is 1.00. The van der Waals surface area contributed by atoms with Gasteiger partial charge in [0.15, 0.2) is 9.84 Å². The maximum atomic E-state index is 11.9. The van der Waals surface area contributed by atoms with E-state index in [2.05, 4.69) is 5.32 Å². The molecule has 2 rings (SSSR count). The van der Waals surface area contributed by atoms with Gasteiger partial charge in [0.1, 0.15) is 6.10 Å². The molecule has 1 fully saturated rings. The third-order valence-corrected chi connectivity index (χ3v) is 5.13. The summed E-state index contributed by atoms with van der Waals surface area (Å²) in [4.78, 5) is 11.7. The van der Waals surface area contributed by atoms with Gasteiger partial charge in [-0.25, -0.2) is 8.42 Å². The number of benzene rings is 1. The van der Waals surface area contributed by atoms with E-state index in [4.69, 9.17) is 4.74 Å². The van der Waals surface area contributed by atoms with Crippen LogP contribution in [0.5, 0.6) is 0 Å². The van der Waals surface area contributed by atoms with E-state index in [-0.39, 0.29) is 24.0 Å². The molecule has 6 heteroatoms. The van der Waals surface area contributed by atoms with Crippen LogP contribution in [0.25, 0.3) is 0 Å². The van der Waals surface area contributed by atoms with Crippen molar-refractivity contribution in [1.82, 2.24) is 5.32 Å². The molecule has 1 aromatic rings. The normalized spacial score (nSPS) is 18.6. The molecule has 0 aliphatic carbocycles. The molecule has 21 heavy (non-hydrogen) atoms. The molecule has 1 atom stereocenters. The highest BCUT2D eigenvalue weighted by Crippen LogP contribution is 2.11. The third kappa shape index (κ3) is 5.47. The third-order valence-electron chi connectivity index (χ3n) is 3.48. The van der Waals surface area contributed by atoms with Crippen LogP contribution in [-0.4, -0.2) is 45.1 Å². The van der Waals surface area contributed by atoms with Gasteiger partial charge in [-0.3, -0.25) is 4.79 Å². The Morgan fingerprint density at radius 3 is 2.67 bits per heavy atom. The number of sulfone groups is 1. The predicted molar refractivity (Wildman–Crippen MR) is 80.8 cm³/mol. The zero-order chi connectivity index (χ0) is 15.1. The number of carbonyl (C=O) groups is 1. The summed E-state index contributed by atoms with van der Waals surface area (Å²) in [6.45, 7) is 0.753. The summed E-state index contributed by atoms with van der Waals surface area (Å²) >= 11 is 0. The van der Waals surface area contributed by atoms with Crippen LogP contribution in [-0.2, 0) is 25.8 Å². The first-order chi connectivity index (χ1) is 10.1. The predicted octanol–water partition coefficient (Wildman–Crippen LogP) is 0.939. The molecule has 0 aromatic heterocycles. The summed E-state index contributed by atoms with van der Waals surface area (Å²) in [7, 11) is -3.15. The van der Waals surface area contributed by atoms with Gasteiger partial charge in [0.25, 0.3) is 0 Å². The van der Waals surface area contributed by atoms with Crippen molar-refractivity contribution in [2.45, 2.75) is 25.4 Å². The highest BCUT2D eigenvalue weighted by Gasteiger charge is 2.23. The molecule has 1 saturated heterocycles. The van der Waals surface area contributed by atoms with Gasteiger partial charge in [-0.05, 0) is 24.8 Å². The zero-order valence-electron chi connectivity index (χ0n) is 12.0. The number of nitrogens with one attached hydrogen (secondary N) is 1. The Labute approximate surface area is 125 Å². The van der Waals surface area contributed by atoms with Gasteiger partial charge in [-0.2, -0.15) is 0 Å². The van der Waals surface area contributed by atoms with Crippen LogP contribution in [0, 0.1) is 0 Å². The van der Waals surface area contributed by atoms with Crippen molar-refractivity contribution in [3.05, 3.63) is 35.9 Å². The number of hydrogen-bond acceptors (Lipinski definition) is 4. The lowest BCUT2D eigenvalue weighted by atomic mass is 10.2. The smallest absolute Gasteiger partial charge is 0.249 e. The van der Waals surface area contributed by atoms with Crippen LogP contribution in [0.2, 0.25) is 0 Å². The molecular weight excluding hydrogens is 290 g/mol. The van der Waals surface area contributed by atoms with Crippen LogP contribution >= 0.6 is 0 Å². The number of hydrogen-bond donors (Lipinski definition) is 1. The lowest BCUT2D eigenvalue weighted by Gasteiger charge is -2.10. The summed E-state index contributed by atoms with van der Waals surface area (Å²) < 4.78 is 29.1. The minimum Gasteiger partial charge on any atom is -0.368 e. The van der Waals surface area contributed by atoms with Crippen molar-refractivity contribution in [1.29, 1.82) is 0 Å². The number of aryl methyl sites for hydroxylation is 1. The largest absolute Gasteiger partial charge is 0.368 e. The first-order valence-corrected chi connectivity index (χ1v) is 9.03. The molecule has 1 aliphatic heterocycles. The van der Waals surface area contributed by atoms with Gasteiger partial charge in [0, 0.05) is 13.2 Å². The van der Waals surface area contributed by atoms with E-state index in [9.17, 15) is 13.2 Å². The Kier molecular flexibility index (Phi) is 5.76. The molecule has 1 aliphatic rings. The lowest BCUT2D eigenvalue weighted by Crippen LogP contribution is -2.37. The Bertz CT molecular complexity index is 550. The molecule has 0 saturated carbocycles. The second kappa shape index (κ2) is 7.56. The molecule has 0 radical (unpaired) electrons. The van der Waals surface area contributed by atoms with E-state index in [0.717, 1.165) is 12.0 Å². The fraction of sp³-hybridized carbons (Fsp3) is 0.533. The van der Waals surface area contributed by atoms with E-state index >= 15 is 0 Å². The molecule has 5 nitrogen and oxygen atoms in total. The Morgan fingerprint density at radius 1 is 1.24 bits per heavy atom. The summed E-state index contributed by atoms with van der Waals surface area (Å²) in [6, 6.07) is 9.51. The fourth-order valence-corrected chi connectivity index (χ4v) is 3.41. The minimum atomic E-state index is -3.15. The van der Waals surface area contributed by atoms with Crippen molar-refractivity contribution in [2.24, 2.45) is 0 Å². The average Bonchev–Trinajstić information content (AvgIpc) is 3.00. The van der Waals surface area contributed by atoms with E-state index in [0.29, 0.717) is 19.4 Å². The number of ether oxygens (including phenoxy) is 1. The Hall–Kier alpha value is -1.40.